The lowest BCUT2D eigenvalue weighted by molar-refractivity contribution is 1.20. The van der Waals surface area contributed by atoms with E-state index in [1.54, 1.807) is 0 Å². The van der Waals surface area contributed by atoms with Crippen LogP contribution < -0.4 is 10.4 Å². The van der Waals surface area contributed by atoms with Gasteiger partial charge in [-0.25, -0.2) is 10.4 Å². The molecule has 0 heterocycles. The van der Waals surface area contributed by atoms with Gasteiger partial charge in [0.2, 0.25) is 0 Å². The lowest BCUT2D eigenvalue weighted by Crippen LogP contribution is -2.18. The molecule has 0 aliphatic carbocycles. The molecule has 0 spiro atoms. The first-order valence-electron chi connectivity index (χ1n) is 3.97. The van der Waals surface area contributed by atoms with Crippen LogP contribution in [-0.4, -0.2) is 0 Å². The summed E-state index contributed by atoms with van der Waals surface area (Å²) in [5, 5.41) is 2.19. The summed E-state index contributed by atoms with van der Waals surface area (Å²) in [5.41, 5.74) is 0.819. The minimum absolute atomic E-state index is 0.819. The zero-order valence-electron chi connectivity index (χ0n) is 6.94. The molecule has 0 aliphatic heterocycles. The Balaban J connectivity index is 2.76. The molecule has 13 heavy (non-hydrogen) atoms. The lowest BCUT2D eigenvalue weighted by Gasteiger charge is -2.11. The highest BCUT2D eigenvalue weighted by Gasteiger charge is 2.02. The van der Waals surface area contributed by atoms with E-state index in [1.807, 2.05) is 42.5 Å². The molecular formula is C10H9ClN2. The second-order valence-corrected chi connectivity index (χ2v) is 3.17. The Hall–Kier alpha value is -1.25. The fourth-order valence-corrected chi connectivity index (χ4v) is 1.54. The average molecular weight is 193 g/mol. The maximum atomic E-state index is 5.69. The molecule has 2 rings (SSSR count). The van der Waals surface area contributed by atoms with Crippen molar-refractivity contribution < 1.29 is 0 Å². The molecule has 0 saturated heterocycles. The van der Waals surface area contributed by atoms with E-state index in [-0.39, 0.29) is 0 Å². The molecule has 2 N–H and O–H groups in total. The topological polar surface area (TPSA) is 29.3 Å². The van der Waals surface area contributed by atoms with Gasteiger partial charge < -0.3 is 0 Å². The van der Waals surface area contributed by atoms with E-state index in [9.17, 15) is 0 Å². The normalized spacial score (nSPS) is 10.3. The zero-order chi connectivity index (χ0) is 9.26. The number of hydrogen-bond donors (Lipinski definition) is 1. The van der Waals surface area contributed by atoms with Gasteiger partial charge in [-0.05, 0) is 11.5 Å². The van der Waals surface area contributed by atoms with Crippen molar-refractivity contribution in [3.05, 3.63) is 42.5 Å². The Morgan fingerprint density at radius 3 is 2.46 bits per heavy atom. The van der Waals surface area contributed by atoms with E-state index in [0.29, 0.717) is 0 Å². The molecule has 0 unspecified atom stereocenters. The molecule has 0 aromatic heterocycles. The van der Waals surface area contributed by atoms with Gasteiger partial charge in [-0.15, -0.1) is 0 Å². The van der Waals surface area contributed by atoms with Crippen LogP contribution in [0, 0.1) is 0 Å². The number of fused-ring (bicyclic) bond motifs is 1. The van der Waals surface area contributed by atoms with Crippen LogP contribution in [0.1, 0.15) is 0 Å². The number of nitrogens with zero attached hydrogens (tertiary/aromatic N) is 1. The summed E-state index contributed by atoms with van der Waals surface area (Å²) >= 11 is 5.69. The van der Waals surface area contributed by atoms with Crippen LogP contribution in [0.15, 0.2) is 42.5 Å². The van der Waals surface area contributed by atoms with Gasteiger partial charge in [-0.3, -0.25) is 0 Å². The average Bonchev–Trinajstić information content (AvgIpc) is 2.17. The summed E-state index contributed by atoms with van der Waals surface area (Å²) in [6.45, 7) is 0. The van der Waals surface area contributed by atoms with E-state index in [0.717, 1.165) is 21.0 Å². The zero-order valence-corrected chi connectivity index (χ0v) is 7.70. The maximum Gasteiger partial charge on any atom is 0.0781 e. The maximum absolute atomic E-state index is 5.69. The van der Waals surface area contributed by atoms with Gasteiger partial charge in [0.05, 0.1) is 5.69 Å². The van der Waals surface area contributed by atoms with Crippen molar-refractivity contribution in [2.45, 2.75) is 0 Å². The molecule has 0 aliphatic rings. The predicted octanol–water partition coefficient (Wildman–Crippen LogP) is 2.67. The third-order valence-corrected chi connectivity index (χ3v) is 2.18. The van der Waals surface area contributed by atoms with Gasteiger partial charge in [-0.2, -0.15) is 0 Å². The van der Waals surface area contributed by atoms with Crippen LogP contribution in [0.3, 0.4) is 0 Å². The molecule has 0 fully saturated rings. The molecule has 2 nitrogen and oxygen atoms in total. The van der Waals surface area contributed by atoms with Crippen LogP contribution in [0.2, 0.25) is 0 Å². The van der Waals surface area contributed by atoms with Gasteiger partial charge in [0.15, 0.2) is 0 Å². The SMILES string of the molecule is NN(Cl)c1cccc2ccccc12. The van der Waals surface area contributed by atoms with Gasteiger partial charge >= 0.3 is 0 Å². The van der Waals surface area contributed by atoms with Crippen molar-refractivity contribution in [1.29, 1.82) is 0 Å². The number of rotatable bonds is 1. The van der Waals surface area contributed by atoms with Gasteiger partial charge in [0.25, 0.3) is 0 Å². The molecule has 2 aromatic rings. The van der Waals surface area contributed by atoms with Gasteiger partial charge in [0, 0.05) is 17.2 Å². The third-order valence-electron chi connectivity index (χ3n) is 2.00. The first kappa shape index (κ1) is 8.35. The van der Waals surface area contributed by atoms with Crippen LogP contribution in [0.4, 0.5) is 5.69 Å². The summed E-state index contributed by atoms with van der Waals surface area (Å²) in [6, 6.07) is 13.8. The van der Waals surface area contributed by atoms with Crippen LogP contribution in [0.5, 0.6) is 0 Å². The highest BCUT2D eigenvalue weighted by atomic mass is 35.5. The fraction of sp³-hybridized carbons (Fsp3) is 0. The molecule has 0 saturated carbocycles. The number of benzene rings is 2. The van der Waals surface area contributed by atoms with Crippen molar-refractivity contribution in [2.24, 2.45) is 5.84 Å². The molecule has 0 amide bonds. The number of nitrogens with two attached hydrogens (primary N) is 1. The highest BCUT2D eigenvalue weighted by Crippen LogP contribution is 2.25. The second-order valence-electron chi connectivity index (χ2n) is 2.81. The number of anilines is 1. The summed E-state index contributed by atoms with van der Waals surface area (Å²) in [4.78, 5) is 0. The summed E-state index contributed by atoms with van der Waals surface area (Å²) in [6.07, 6.45) is 0. The van der Waals surface area contributed by atoms with Crippen molar-refractivity contribution in [1.82, 2.24) is 0 Å². The highest BCUT2D eigenvalue weighted by molar-refractivity contribution is 6.26. The van der Waals surface area contributed by atoms with Crippen molar-refractivity contribution >= 4 is 28.2 Å². The van der Waals surface area contributed by atoms with E-state index in [4.69, 9.17) is 17.6 Å². The van der Waals surface area contributed by atoms with Crippen LogP contribution >= 0.6 is 11.8 Å². The Bertz CT molecular complexity index is 421. The molecule has 66 valence electrons. The van der Waals surface area contributed by atoms with Gasteiger partial charge in [-0.1, -0.05) is 36.4 Å². The minimum Gasteiger partial charge on any atom is -0.232 e. The third kappa shape index (κ3) is 1.46. The molecular weight excluding hydrogens is 184 g/mol. The van der Waals surface area contributed by atoms with Crippen molar-refractivity contribution in [3.8, 4) is 0 Å². The summed E-state index contributed by atoms with van der Waals surface area (Å²) in [5.74, 6) is 5.48. The number of hydrogen-bond acceptors (Lipinski definition) is 2. The number of hydrazine groups is 1. The Kier molecular flexibility index (Phi) is 2.08. The quantitative estimate of drug-likeness (QED) is 0.428. The van der Waals surface area contributed by atoms with Gasteiger partial charge in [0.1, 0.15) is 0 Å². The number of halogens is 1. The first-order valence-corrected chi connectivity index (χ1v) is 4.31. The van der Waals surface area contributed by atoms with Crippen LogP contribution in [-0.2, 0) is 0 Å². The molecule has 0 bridgehead atoms. The Labute approximate surface area is 81.6 Å². The van der Waals surface area contributed by atoms with E-state index < -0.39 is 0 Å². The Morgan fingerprint density at radius 1 is 1.00 bits per heavy atom. The molecule has 2 aromatic carbocycles. The van der Waals surface area contributed by atoms with Crippen molar-refractivity contribution in [3.63, 3.8) is 0 Å². The largest absolute Gasteiger partial charge is 0.232 e. The standard InChI is InChI=1S/C10H9ClN2/c11-13(12)10-7-3-5-8-4-1-2-6-9(8)10/h1-7H,12H2. The molecule has 0 radical (unpaired) electrons. The predicted molar refractivity (Wildman–Crippen MR) is 56.5 cm³/mol. The van der Waals surface area contributed by atoms with E-state index in [1.165, 1.54) is 0 Å². The minimum atomic E-state index is 0.819. The smallest absolute Gasteiger partial charge is 0.0781 e. The second kappa shape index (κ2) is 3.24. The monoisotopic (exact) mass is 192 g/mol. The summed E-state index contributed by atoms with van der Waals surface area (Å²) < 4.78 is 1.11. The van der Waals surface area contributed by atoms with Crippen molar-refractivity contribution in [2.75, 3.05) is 4.53 Å². The lowest BCUT2D eigenvalue weighted by atomic mass is 10.1. The summed E-state index contributed by atoms with van der Waals surface area (Å²) in [7, 11) is 0. The van der Waals surface area contributed by atoms with E-state index >= 15 is 0 Å². The Morgan fingerprint density at radius 2 is 1.69 bits per heavy atom. The van der Waals surface area contributed by atoms with Crippen LogP contribution in [0.25, 0.3) is 10.8 Å². The molecule has 0 atom stereocenters. The fourth-order valence-electron chi connectivity index (χ4n) is 1.39. The van der Waals surface area contributed by atoms with E-state index in [2.05, 4.69) is 0 Å². The molecule has 3 heteroatoms. The first-order chi connectivity index (χ1) is 6.29.